The van der Waals surface area contributed by atoms with Crippen molar-refractivity contribution in [2.75, 3.05) is 0 Å². The lowest BCUT2D eigenvalue weighted by molar-refractivity contribution is -0.362. The molecule has 2 rings (SSSR count). The van der Waals surface area contributed by atoms with Gasteiger partial charge >= 0.3 is 11.8 Å². The van der Waals surface area contributed by atoms with Crippen LogP contribution in [0.5, 0.6) is 0 Å². The minimum atomic E-state index is -4.63. The second-order valence-corrected chi connectivity index (χ2v) is 3.91. The lowest BCUT2D eigenvalue weighted by Crippen LogP contribution is -2.70. The third-order valence-electron chi connectivity index (χ3n) is 3.08. The van der Waals surface area contributed by atoms with E-state index in [9.17, 15) is 37.4 Å². The third kappa shape index (κ3) is 1.22. The maximum atomic E-state index is 13.0. The first-order valence-electron chi connectivity index (χ1n) is 4.45. The Hall–Kier alpha value is -1.38. The molecule has 0 aromatic heterocycles. The first-order valence-corrected chi connectivity index (χ1v) is 4.45. The fourth-order valence-corrected chi connectivity index (χ4v) is 2.29. The van der Waals surface area contributed by atoms with Gasteiger partial charge in [0, 0.05) is 0 Å². The predicted molar refractivity (Wildman–Crippen MR) is 35.5 cm³/mol. The summed E-state index contributed by atoms with van der Waals surface area (Å²) in [6.07, 6.45) is -4.75. The number of hydrogen-bond donors (Lipinski definition) is 0. The molecule has 1 aliphatic carbocycles. The van der Waals surface area contributed by atoms with Crippen molar-refractivity contribution in [2.45, 2.75) is 24.1 Å². The molecular formula is C8H4F4O5-2. The molecular weight excluding hydrogens is 252 g/mol. The average molecular weight is 256 g/mol. The zero-order chi connectivity index (χ0) is 13.2. The molecule has 0 unspecified atom stereocenters. The standard InChI is InChI=1S/C8H6F4O5/c9-7(10)1-2(8(7,11)12)4(6(15)16)17-3(1)5(13)14/h1-4H,(H,13,14)(H,15,16)/p-2/t1-,2+,3-,4+. The first-order chi connectivity index (χ1) is 7.62. The summed E-state index contributed by atoms with van der Waals surface area (Å²) in [5.74, 6) is -18.4. The number of aliphatic carboxylic acids is 2. The number of alkyl halides is 4. The molecule has 2 aliphatic rings. The van der Waals surface area contributed by atoms with E-state index in [-0.39, 0.29) is 0 Å². The Morgan fingerprint density at radius 1 is 0.882 bits per heavy atom. The van der Waals surface area contributed by atoms with Crippen molar-refractivity contribution in [2.24, 2.45) is 11.8 Å². The molecule has 0 bridgehead atoms. The number of carboxylic acid groups (broad SMARTS) is 2. The van der Waals surface area contributed by atoms with Crippen LogP contribution in [0.25, 0.3) is 0 Å². The normalized spacial score (nSPS) is 41.4. The molecule has 4 atom stereocenters. The summed E-state index contributed by atoms with van der Waals surface area (Å²) in [5.41, 5.74) is 0. The van der Waals surface area contributed by atoms with Crippen molar-refractivity contribution in [1.82, 2.24) is 0 Å². The Kier molecular flexibility index (Phi) is 2.20. The van der Waals surface area contributed by atoms with E-state index in [1.807, 2.05) is 0 Å². The number of carbonyl (C=O) groups excluding carboxylic acids is 2. The summed E-state index contributed by atoms with van der Waals surface area (Å²) in [6.45, 7) is 0. The highest BCUT2D eigenvalue weighted by molar-refractivity contribution is 5.77. The van der Waals surface area contributed by atoms with Crippen LogP contribution in [0.2, 0.25) is 0 Å². The molecule has 0 aromatic rings. The van der Waals surface area contributed by atoms with Crippen LogP contribution in [0, 0.1) is 11.8 Å². The smallest absolute Gasteiger partial charge is 0.316 e. The lowest BCUT2D eigenvalue weighted by Gasteiger charge is -2.49. The zero-order valence-electron chi connectivity index (χ0n) is 7.86. The quantitative estimate of drug-likeness (QED) is 0.521. The molecule has 0 aromatic carbocycles. The Balaban J connectivity index is 2.39. The second kappa shape index (κ2) is 3.09. The van der Waals surface area contributed by atoms with Gasteiger partial charge < -0.3 is 24.5 Å². The molecule has 1 heterocycles. The van der Waals surface area contributed by atoms with Gasteiger partial charge in [-0.3, -0.25) is 0 Å². The highest BCUT2D eigenvalue weighted by atomic mass is 19.3. The molecule has 1 aliphatic heterocycles. The SMILES string of the molecule is O=C([O-])[C@H]1O[C@@H](C(=O)[O-])[C@H]2[C@@H]1C(F)(F)C2(F)F. The predicted octanol–water partition coefficient (Wildman–Crippen LogP) is -2.23. The van der Waals surface area contributed by atoms with E-state index < -0.39 is 47.8 Å². The van der Waals surface area contributed by atoms with Crippen molar-refractivity contribution in [3.8, 4) is 0 Å². The van der Waals surface area contributed by atoms with Gasteiger partial charge in [-0.25, -0.2) is 0 Å². The zero-order valence-corrected chi connectivity index (χ0v) is 7.86. The minimum Gasteiger partial charge on any atom is -0.547 e. The minimum absolute atomic E-state index is 2.15. The summed E-state index contributed by atoms with van der Waals surface area (Å²) in [5, 5.41) is 20.9. The molecule has 1 saturated carbocycles. The van der Waals surface area contributed by atoms with Crippen LogP contribution >= 0.6 is 0 Å². The highest BCUT2D eigenvalue weighted by Crippen LogP contribution is 2.65. The number of rotatable bonds is 2. The van der Waals surface area contributed by atoms with Gasteiger partial charge in [-0.2, -0.15) is 17.6 Å². The molecule has 2 fully saturated rings. The van der Waals surface area contributed by atoms with E-state index in [0.717, 1.165) is 0 Å². The van der Waals surface area contributed by atoms with Crippen LogP contribution in [0.1, 0.15) is 0 Å². The lowest BCUT2D eigenvalue weighted by atomic mass is 9.63. The van der Waals surface area contributed by atoms with Gasteiger partial charge in [-0.05, 0) is 0 Å². The number of halogens is 4. The van der Waals surface area contributed by atoms with Crippen molar-refractivity contribution < 1.29 is 42.1 Å². The van der Waals surface area contributed by atoms with E-state index in [4.69, 9.17) is 0 Å². The van der Waals surface area contributed by atoms with Gasteiger partial charge in [-0.1, -0.05) is 0 Å². The molecule has 1 saturated heterocycles. The van der Waals surface area contributed by atoms with Gasteiger partial charge in [0.05, 0.1) is 23.8 Å². The first kappa shape index (κ1) is 12.1. The maximum Gasteiger partial charge on any atom is 0.316 e. The van der Waals surface area contributed by atoms with Gasteiger partial charge in [0.15, 0.2) is 0 Å². The molecule has 0 amide bonds. The Morgan fingerprint density at radius 3 is 1.41 bits per heavy atom. The summed E-state index contributed by atoms with van der Waals surface area (Å²) in [6, 6.07) is 0. The average Bonchev–Trinajstić information content (AvgIpc) is 2.56. The van der Waals surface area contributed by atoms with Crippen LogP contribution < -0.4 is 10.2 Å². The topological polar surface area (TPSA) is 89.5 Å². The largest absolute Gasteiger partial charge is 0.547 e. The van der Waals surface area contributed by atoms with Crippen molar-refractivity contribution in [1.29, 1.82) is 0 Å². The summed E-state index contributed by atoms with van der Waals surface area (Å²) >= 11 is 0. The number of carbonyl (C=O) groups is 2. The molecule has 96 valence electrons. The Morgan fingerprint density at radius 2 is 1.18 bits per heavy atom. The highest BCUT2D eigenvalue weighted by Gasteiger charge is 2.84. The number of carboxylic acids is 2. The molecule has 0 N–H and O–H groups in total. The maximum absolute atomic E-state index is 13.0. The Labute approximate surface area is 91.0 Å². The third-order valence-corrected chi connectivity index (χ3v) is 3.08. The van der Waals surface area contributed by atoms with Crippen LogP contribution in [0.4, 0.5) is 17.6 Å². The Bertz CT molecular complexity index is 359. The van der Waals surface area contributed by atoms with Crippen LogP contribution in [-0.2, 0) is 14.3 Å². The van der Waals surface area contributed by atoms with Crippen LogP contribution in [0.3, 0.4) is 0 Å². The van der Waals surface area contributed by atoms with Crippen molar-refractivity contribution >= 4 is 11.9 Å². The molecule has 5 nitrogen and oxygen atoms in total. The monoisotopic (exact) mass is 256 g/mol. The molecule has 9 heteroatoms. The van der Waals surface area contributed by atoms with Gasteiger partial charge in [-0.15, -0.1) is 0 Å². The van der Waals surface area contributed by atoms with Gasteiger partial charge in [0.1, 0.15) is 12.2 Å². The molecule has 0 radical (unpaired) electrons. The number of fused-ring (bicyclic) bond motifs is 1. The fourth-order valence-electron chi connectivity index (χ4n) is 2.29. The van der Waals surface area contributed by atoms with Gasteiger partial charge in [0.2, 0.25) is 0 Å². The van der Waals surface area contributed by atoms with E-state index in [2.05, 4.69) is 4.74 Å². The number of hydrogen-bond acceptors (Lipinski definition) is 5. The summed E-state index contributed by atoms with van der Waals surface area (Å²) in [4.78, 5) is 20.9. The van der Waals surface area contributed by atoms with Crippen LogP contribution in [0.15, 0.2) is 0 Å². The summed E-state index contributed by atoms with van der Waals surface area (Å²) in [7, 11) is 0. The van der Waals surface area contributed by atoms with Crippen molar-refractivity contribution in [3.05, 3.63) is 0 Å². The van der Waals surface area contributed by atoms with E-state index >= 15 is 0 Å². The van der Waals surface area contributed by atoms with E-state index in [1.165, 1.54) is 0 Å². The van der Waals surface area contributed by atoms with Crippen molar-refractivity contribution in [3.63, 3.8) is 0 Å². The second-order valence-electron chi connectivity index (χ2n) is 3.91. The van der Waals surface area contributed by atoms with E-state index in [0.29, 0.717) is 0 Å². The van der Waals surface area contributed by atoms with E-state index in [1.54, 1.807) is 0 Å². The molecule has 17 heavy (non-hydrogen) atoms. The number of ether oxygens (including phenoxy) is 1. The molecule has 0 spiro atoms. The summed E-state index contributed by atoms with van der Waals surface area (Å²) < 4.78 is 56.1. The van der Waals surface area contributed by atoms with Gasteiger partial charge in [0.25, 0.3) is 0 Å². The van der Waals surface area contributed by atoms with Crippen LogP contribution in [-0.4, -0.2) is 36.0 Å². The fraction of sp³-hybridized carbons (Fsp3) is 0.750.